The van der Waals surface area contributed by atoms with Gasteiger partial charge in [0, 0.05) is 6.04 Å². The fourth-order valence-electron chi connectivity index (χ4n) is 3.61. The normalized spacial score (nSPS) is 15.3. The number of methoxy groups -OCH3 is 1. The number of ether oxygens (including phenoxy) is 2. The molecule has 0 atom stereocenters. The van der Waals surface area contributed by atoms with Gasteiger partial charge in [0.1, 0.15) is 6.42 Å². The Bertz CT molecular complexity index is 650. The zero-order chi connectivity index (χ0) is 19.6. The Hall–Kier alpha value is -2.37. The molecule has 1 aliphatic carbocycles. The number of hydrogen-bond acceptors (Lipinski definition) is 5. The van der Waals surface area contributed by atoms with Gasteiger partial charge in [0.2, 0.25) is 5.91 Å². The third-order valence-corrected chi connectivity index (χ3v) is 4.88. The highest BCUT2D eigenvalue weighted by atomic mass is 16.5. The predicted octanol–water partition coefficient (Wildman–Crippen LogP) is 3.87. The minimum absolute atomic E-state index is 0.0435. The Morgan fingerprint density at radius 2 is 1.67 bits per heavy atom. The number of rotatable bonds is 6. The molecular formula is C21H29NO5. The molecule has 0 heterocycles. The summed E-state index contributed by atoms with van der Waals surface area (Å²) < 4.78 is 9.84. The van der Waals surface area contributed by atoms with Crippen LogP contribution in [0.15, 0.2) is 24.3 Å². The highest BCUT2D eigenvalue weighted by molar-refractivity contribution is 6.07. The average Bonchev–Trinajstić information content (AvgIpc) is 2.63. The van der Waals surface area contributed by atoms with Gasteiger partial charge in [-0.3, -0.25) is 9.59 Å². The maximum Gasteiger partial charge on any atom is 0.339 e. The quantitative estimate of drug-likeness (QED) is 0.557. The van der Waals surface area contributed by atoms with Crippen LogP contribution < -0.4 is 4.90 Å². The van der Waals surface area contributed by atoms with Crippen LogP contribution in [0.3, 0.4) is 0 Å². The summed E-state index contributed by atoms with van der Waals surface area (Å²) in [6.45, 7) is 1.94. The van der Waals surface area contributed by atoms with Gasteiger partial charge < -0.3 is 14.4 Å². The number of benzene rings is 1. The van der Waals surface area contributed by atoms with Crippen molar-refractivity contribution in [1.82, 2.24) is 0 Å². The summed E-state index contributed by atoms with van der Waals surface area (Å²) in [6.07, 6.45) is 6.89. The van der Waals surface area contributed by atoms with E-state index in [0.29, 0.717) is 11.3 Å². The summed E-state index contributed by atoms with van der Waals surface area (Å²) in [5.41, 5.74) is 0.837. The lowest BCUT2D eigenvalue weighted by Gasteiger charge is -2.34. The largest absolute Gasteiger partial charge is 0.466 e. The Labute approximate surface area is 160 Å². The number of hydrogen-bond donors (Lipinski definition) is 0. The lowest BCUT2D eigenvalue weighted by molar-refractivity contribution is -0.145. The standard InChI is InChI=1S/C21H29NO5/c1-3-27-20(24)15-19(23)22(16-11-7-5-4-6-8-12-16)18-14-10-9-13-17(18)21(25)26-2/h9-10,13-14,16H,3-8,11-12,15H2,1-2H3. The number of carbonyl (C=O) groups is 3. The van der Waals surface area contributed by atoms with Gasteiger partial charge in [0.25, 0.3) is 0 Å². The van der Waals surface area contributed by atoms with Crippen LogP contribution in [-0.2, 0) is 19.1 Å². The SMILES string of the molecule is CCOC(=O)CC(=O)N(c1ccccc1C(=O)OC)C1CCCCCCC1. The molecule has 2 rings (SSSR count). The van der Waals surface area contributed by atoms with E-state index in [1.807, 2.05) is 0 Å². The lowest BCUT2D eigenvalue weighted by atomic mass is 9.94. The Kier molecular flexibility index (Phi) is 8.30. The maximum absolute atomic E-state index is 13.1. The van der Waals surface area contributed by atoms with Gasteiger partial charge in [-0.2, -0.15) is 0 Å². The van der Waals surface area contributed by atoms with E-state index >= 15 is 0 Å². The van der Waals surface area contributed by atoms with Crippen LogP contribution in [0, 0.1) is 0 Å². The summed E-state index contributed by atoms with van der Waals surface area (Å²) in [4.78, 5) is 38.8. The van der Waals surface area contributed by atoms with Crippen molar-refractivity contribution in [1.29, 1.82) is 0 Å². The molecule has 0 radical (unpaired) electrons. The first kappa shape index (κ1) is 20.9. The molecule has 27 heavy (non-hydrogen) atoms. The molecule has 0 saturated heterocycles. The van der Waals surface area contributed by atoms with Gasteiger partial charge in [0.05, 0.1) is 25.0 Å². The smallest absolute Gasteiger partial charge is 0.339 e. The Morgan fingerprint density at radius 3 is 2.30 bits per heavy atom. The van der Waals surface area contributed by atoms with Gasteiger partial charge >= 0.3 is 11.9 Å². The summed E-state index contributed by atoms with van der Waals surface area (Å²) in [7, 11) is 1.32. The molecule has 0 N–H and O–H groups in total. The zero-order valence-electron chi connectivity index (χ0n) is 16.2. The summed E-state index contributed by atoms with van der Waals surface area (Å²) in [6, 6.07) is 6.87. The number of anilines is 1. The molecule has 1 aromatic rings. The summed E-state index contributed by atoms with van der Waals surface area (Å²) in [5, 5.41) is 0. The zero-order valence-corrected chi connectivity index (χ0v) is 16.2. The number of para-hydroxylation sites is 1. The Morgan fingerprint density at radius 1 is 1.04 bits per heavy atom. The van der Waals surface area contributed by atoms with Crippen molar-refractivity contribution in [2.45, 2.75) is 64.3 Å². The van der Waals surface area contributed by atoms with Crippen molar-refractivity contribution in [2.75, 3.05) is 18.6 Å². The molecule has 1 aromatic carbocycles. The fraction of sp³-hybridized carbons (Fsp3) is 0.571. The molecule has 1 aliphatic rings. The second kappa shape index (κ2) is 10.7. The monoisotopic (exact) mass is 375 g/mol. The van der Waals surface area contributed by atoms with Gasteiger partial charge in [-0.25, -0.2) is 4.79 Å². The minimum Gasteiger partial charge on any atom is -0.466 e. The van der Waals surface area contributed by atoms with Crippen molar-refractivity contribution in [3.63, 3.8) is 0 Å². The number of amides is 1. The molecule has 0 aliphatic heterocycles. The highest BCUT2D eigenvalue weighted by Crippen LogP contribution is 2.30. The molecule has 6 heteroatoms. The molecule has 1 fully saturated rings. The number of carbonyl (C=O) groups excluding carboxylic acids is 3. The van der Waals surface area contributed by atoms with Gasteiger partial charge in [-0.05, 0) is 31.9 Å². The van der Waals surface area contributed by atoms with E-state index in [0.717, 1.165) is 38.5 Å². The molecule has 148 valence electrons. The second-order valence-electron chi connectivity index (χ2n) is 6.75. The van der Waals surface area contributed by atoms with E-state index in [1.165, 1.54) is 13.5 Å². The molecule has 0 bridgehead atoms. The first-order valence-corrected chi connectivity index (χ1v) is 9.73. The van der Waals surface area contributed by atoms with Gasteiger partial charge in [-0.15, -0.1) is 0 Å². The topological polar surface area (TPSA) is 72.9 Å². The van der Waals surface area contributed by atoms with Crippen LogP contribution >= 0.6 is 0 Å². The van der Waals surface area contributed by atoms with Gasteiger partial charge in [0.15, 0.2) is 0 Å². The van der Waals surface area contributed by atoms with Crippen molar-refractivity contribution < 1.29 is 23.9 Å². The maximum atomic E-state index is 13.1. The van der Waals surface area contributed by atoms with Crippen molar-refractivity contribution in [2.24, 2.45) is 0 Å². The van der Waals surface area contributed by atoms with Crippen LogP contribution in [-0.4, -0.2) is 37.6 Å². The lowest BCUT2D eigenvalue weighted by Crippen LogP contribution is -2.42. The number of nitrogens with zero attached hydrogens (tertiary/aromatic N) is 1. The molecule has 0 spiro atoms. The van der Waals surface area contributed by atoms with Gasteiger partial charge in [-0.1, -0.05) is 44.2 Å². The molecule has 0 aromatic heterocycles. The fourth-order valence-corrected chi connectivity index (χ4v) is 3.61. The van der Waals surface area contributed by atoms with Crippen molar-refractivity contribution in [3.8, 4) is 0 Å². The van der Waals surface area contributed by atoms with E-state index < -0.39 is 11.9 Å². The Balaban J connectivity index is 2.38. The molecule has 1 amide bonds. The van der Waals surface area contributed by atoms with E-state index in [9.17, 15) is 14.4 Å². The molecule has 6 nitrogen and oxygen atoms in total. The van der Waals surface area contributed by atoms with Crippen LogP contribution in [0.2, 0.25) is 0 Å². The average molecular weight is 375 g/mol. The molecule has 1 saturated carbocycles. The first-order chi connectivity index (χ1) is 13.1. The minimum atomic E-state index is -0.547. The first-order valence-electron chi connectivity index (χ1n) is 9.73. The van der Waals surface area contributed by atoms with E-state index in [1.54, 1.807) is 36.1 Å². The van der Waals surface area contributed by atoms with Crippen molar-refractivity contribution >= 4 is 23.5 Å². The van der Waals surface area contributed by atoms with E-state index in [2.05, 4.69) is 0 Å². The molecule has 0 unspecified atom stereocenters. The highest BCUT2D eigenvalue weighted by Gasteiger charge is 2.30. The van der Waals surface area contributed by atoms with Crippen LogP contribution in [0.1, 0.15) is 68.6 Å². The molecular weight excluding hydrogens is 346 g/mol. The third kappa shape index (κ3) is 5.81. The predicted molar refractivity (Wildman–Crippen MR) is 103 cm³/mol. The van der Waals surface area contributed by atoms with Crippen LogP contribution in [0.25, 0.3) is 0 Å². The number of esters is 2. The van der Waals surface area contributed by atoms with E-state index in [-0.39, 0.29) is 25.0 Å². The third-order valence-electron chi connectivity index (χ3n) is 4.88. The van der Waals surface area contributed by atoms with Crippen LogP contribution in [0.5, 0.6) is 0 Å². The van der Waals surface area contributed by atoms with E-state index in [4.69, 9.17) is 9.47 Å². The summed E-state index contributed by atoms with van der Waals surface area (Å²) >= 11 is 0. The second-order valence-corrected chi connectivity index (χ2v) is 6.75. The van der Waals surface area contributed by atoms with Crippen molar-refractivity contribution in [3.05, 3.63) is 29.8 Å². The summed E-state index contributed by atoms with van der Waals surface area (Å²) in [5.74, 6) is -1.38. The van der Waals surface area contributed by atoms with Crippen LogP contribution in [0.4, 0.5) is 5.69 Å².